The van der Waals surface area contributed by atoms with E-state index in [1.54, 1.807) is 18.2 Å². The number of hydrogen-bond donors (Lipinski definition) is 1. The van der Waals surface area contributed by atoms with E-state index >= 15 is 0 Å². The van der Waals surface area contributed by atoms with Crippen molar-refractivity contribution in [1.82, 2.24) is 0 Å². The van der Waals surface area contributed by atoms with E-state index in [9.17, 15) is 10.1 Å². The lowest BCUT2D eigenvalue weighted by Crippen LogP contribution is -2.31. The van der Waals surface area contributed by atoms with Crippen LogP contribution in [0.3, 0.4) is 0 Å². The van der Waals surface area contributed by atoms with E-state index in [1.165, 1.54) is 14.0 Å². The van der Waals surface area contributed by atoms with Crippen LogP contribution in [0, 0.1) is 10.1 Å². The molecule has 0 spiro atoms. The first-order valence-corrected chi connectivity index (χ1v) is 4.35. The van der Waals surface area contributed by atoms with Crippen LogP contribution in [-0.2, 0) is 10.6 Å². The summed E-state index contributed by atoms with van der Waals surface area (Å²) in [5.41, 5.74) is 1.95. The second-order valence-electron chi connectivity index (χ2n) is 3.33. The van der Waals surface area contributed by atoms with E-state index < -0.39 is 10.6 Å². The molecule has 0 saturated carbocycles. The Balaban J connectivity index is 2.57. The summed E-state index contributed by atoms with van der Waals surface area (Å²) in [7, 11) is 1.50. The molecule has 1 heterocycles. The Labute approximate surface area is 85.9 Å². The van der Waals surface area contributed by atoms with E-state index in [1.807, 2.05) is 0 Å². The summed E-state index contributed by atoms with van der Waals surface area (Å²) >= 11 is 0. The minimum Gasteiger partial charge on any atom is -0.494 e. The van der Waals surface area contributed by atoms with Gasteiger partial charge in [0.2, 0.25) is 0 Å². The van der Waals surface area contributed by atoms with Gasteiger partial charge in [0.25, 0.3) is 0 Å². The summed E-state index contributed by atoms with van der Waals surface area (Å²) in [4.78, 5) is 15.4. The predicted octanol–water partition coefficient (Wildman–Crippen LogP) is 1.50. The van der Waals surface area contributed by atoms with Crippen molar-refractivity contribution in [3.8, 4) is 5.75 Å². The van der Waals surface area contributed by atoms with Crippen LogP contribution in [-0.4, -0.2) is 12.0 Å². The van der Waals surface area contributed by atoms with Gasteiger partial charge in [-0.1, -0.05) is 6.07 Å². The third-order valence-electron chi connectivity index (χ3n) is 2.45. The summed E-state index contributed by atoms with van der Waals surface area (Å²) in [6, 6.07) is 5.04. The van der Waals surface area contributed by atoms with E-state index in [0.717, 1.165) is 0 Å². The number of anilines is 1. The molecule has 6 nitrogen and oxygen atoms in total. The number of nitro groups is 1. The normalized spacial score (nSPS) is 23.1. The van der Waals surface area contributed by atoms with Crippen molar-refractivity contribution < 1.29 is 14.5 Å². The molecule has 1 unspecified atom stereocenters. The molecule has 1 aromatic rings. The number of fused-ring (bicyclic) bond motifs is 1. The first-order valence-electron chi connectivity index (χ1n) is 4.35. The second-order valence-corrected chi connectivity index (χ2v) is 3.33. The second kappa shape index (κ2) is 3.09. The van der Waals surface area contributed by atoms with Gasteiger partial charge >= 0.3 is 5.72 Å². The Hall–Kier alpha value is -1.82. The Kier molecular flexibility index (Phi) is 2.01. The number of methoxy groups -OCH3 is 1. The van der Waals surface area contributed by atoms with Crippen molar-refractivity contribution in [2.24, 2.45) is 0 Å². The molecular weight excluding hydrogens is 200 g/mol. The molecule has 0 aliphatic carbocycles. The summed E-state index contributed by atoms with van der Waals surface area (Å²) in [5, 5.41) is 10.9. The fourth-order valence-electron chi connectivity index (χ4n) is 1.53. The smallest absolute Gasteiger partial charge is 0.370 e. The number of nitrogens with zero attached hydrogens (tertiary/aromatic N) is 1. The van der Waals surface area contributed by atoms with Gasteiger partial charge < -0.3 is 4.74 Å². The molecule has 0 amide bonds. The first-order chi connectivity index (χ1) is 7.09. The largest absolute Gasteiger partial charge is 0.494 e. The highest BCUT2D eigenvalue weighted by Crippen LogP contribution is 2.42. The van der Waals surface area contributed by atoms with E-state index in [-0.39, 0.29) is 0 Å². The zero-order chi connectivity index (χ0) is 11.1. The van der Waals surface area contributed by atoms with E-state index in [2.05, 4.69) is 5.48 Å². The monoisotopic (exact) mass is 210 g/mol. The van der Waals surface area contributed by atoms with Gasteiger partial charge in [-0.15, -0.1) is 0 Å². The van der Waals surface area contributed by atoms with E-state index in [0.29, 0.717) is 17.0 Å². The van der Waals surface area contributed by atoms with Crippen LogP contribution in [0.4, 0.5) is 5.69 Å². The molecule has 6 heteroatoms. The highest BCUT2D eigenvalue weighted by atomic mass is 16.8. The van der Waals surface area contributed by atoms with Crippen molar-refractivity contribution in [3.05, 3.63) is 33.9 Å². The average Bonchev–Trinajstić information content (AvgIpc) is 2.58. The molecule has 0 aromatic heterocycles. The SMILES string of the molecule is COc1cccc2c1NOC2(C)[N+](=O)[O-]. The van der Waals surface area contributed by atoms with Crippen molar-refractivity contribution >= 4 is 5.69 Å². The molecule has 80 valence electrons. The van der Waals surface area contributed by atoms with Gasteiger partial charge in [-0.3, -0.25) is 15.6 Å². The van der Waals surface area contributed by atoms with Crippen molar-refractivity contribution in [2.45, 2.75) is 12.6 Å². The summed E-state index contributed by atoms with van der Waals surface area (Å²) < 4.78 is 5.07. The molecular formula is C9H10N2O4. The van der Waals surface area contributed by atoms with Crippen LogP contribution >= 0.6 is 0 Å². The molecule has 0 bridgehead atoms. The standard InChI is InChI=1S/C9H10N2O4/c1-9(11(12)13)6-4-3-5-7(14-2)8(6)10-15-9/h3-5,10H,1-2H3. The topological polar surface area (TPSA) is 73.6 Å². The van der Waals surface area contributed by atoms with Gasteiger partial charge in [-0.2, -0.15) is 4.84 Å². The maximum Gasteiger partial charge on any atom is 0.370 e. The summed E-state index contributed by atoms with van der Waals surface area (Å²) in [5.74, 6) is 0.526. The van der Waals surface area contributed by atoms with Crippen LogP contribution in [0.15, 0.2) is 18.2 Å². The number of nitrogens with one attached hydrogen (secondary N) is 1. The van der Waals surface area contributed by atoms with Gasteiger partial charge in [0.05, 0.1) is 17.6 Å². The minimum absolute atomic E-state index is 0.465. The minimum atomic E-state index is -1.55. The molecule has 1 aliphatic heterocycles. The van der Waals surface area contributed by atoms with Crippen LogP contribution in [0.2, 0.25) is 0 Å². The molecule has 0 fully saturated rings. The maximum atomic E-state index is 10.9. The van der Waals surface area contributed by atoms with Crippen LogP contribution in [0.1, 0.15) is 12.5 Å². The molecule has 15 heavy (non-hydrogen) atoms. The Morgan fingerprint density at radius 3 is 2.93 bits per heavy atom. The van der Waals surface area contributed by atoms with Crippen molar-refractivity contribution in [3.63, 3.8) is 0 Å². The van der Waals surface area contributed by atoms with Gasteiger partial charge in [0.1, 0.15) is 11.4 Å². The van der Waals surface area contributed by atoms with Gasteiger partial charge in [-0.25, -0.2) is 0 Å². The third-order valence-corrected chi connectivity index (χ3v) is 2.45. The number of benzene rings is 1. The molecule has 1 aromatic carbocycles. The first kappa shape index (κ1) is 9.72. The number of para-hydroxylation sites is 1. The van der Waals surface area contributed by atoms with Crippen LogP contribution < -0.4 is 10.2 Å². The number of hydrogen-bond acceptors (Lipinski definition) is 5. The van der Waals surface area contributed by atoms with Crippen LogP contribution in [0.25, 0.3) is 0 Å². The quantitative estimate of drug-likeness (QED) is 0.591. The lowest BCUT2D eigenvalue weighted by atomic mass is 10.0. The van der Waals surface area contributed by atoms with Gasteiger partial charge in [0, 0.05) is 6.92 Å². The maximum absolute atomic E-state index is 10.9. The van der Waals surface area contributed by atoms with Gasteiger partial charge in [-0.05, 0) is 12.1 Å². The summed E-state index contributed by atoms with van der Waals surface area (Å²) in [6.45, 7) is 1.39. The predicted molar refractivity (Wildman–Crippen MR) is 52.0 cm³/mol. The molecule has 1 N–H and O–H groups in total. The van der Waals surface area contributed by atoms with Gasteiger partial charge in [0.15, 0.2) is 0 Å². The average molecular weight is 210 g/mol. The number of rotatable bonds is 2. The highest BCUT2D eigenvalue weighted by Gasteiger charge is 2.49. The lowest BCUT2D eigenvalue weighted by molar-refractivity contribution is -0.629. The van der Waals surface area contributed by atoms with Crippen LogP contribution in [0.5, 0.6) is 5.75 Å². The molecule has 1 aliphatic rings. The fourth-order valence-corrected chi connectivity index (χ4v) is 1.53. The lowest BCUT2D eigenvalue weighted by Gasteiger charge is -2.12. The highest BCUT2D eigenvalue weighted by molar-refractivity contribution is 5.64. The van der Waals surface area contributed by atoms with E-state index in [4.69, 9.17) is 9.57 Å². The summed E-state index contributed by atoms with van der Waals surface area (Å²) in [6.07, 6.45) is 0. The molecule has 0 saturated heterocycles. The number of ether oxygens (including phenoxy) is 1. The third kappa shape index (κ3) is 1.22. The molecule has 0 radical (unpaired) electrons. The molecule has 2 rings (SSSR count). The van der Waals surface area contributed by atoms with Crippen molar-refractivity contribution in [2.75, 3.05) is 12.6 Å². The Bertz CT molecular complexity index is 421. The van der Waals surface area contributed by atoms with Crippen molar-refractivity contribution in [1.29, 1.82) is 0 Å². The Morgan fingerprint density at radius 2 is 2.33 bits per heavy atom. The molecule has 1 atom stereocenters. The zero-order valence-corrected chi connectivity index (χ0v) is 8.31. The Morgan fingerprint density at radius 1 is 1.60 bits per heavy atom. The fraction of sp³-hybridized carbons (Fsp3) is 0.333. The zero-order valence-electron chi connectivity index (χ0n) is 8.31.